The van der Waals surface area contributed by atoms with Crippen LogP contribution in [0.1, 0.15) is 162 Å². The zero-order valence-corrected chi connectivity index (χ0v) is 32.8. The second kappa shape index (κ2) is 38.3. The number of hydrogen-bond donors (Lipinski definition) is 2. The molecule has 0 heterocycles. The summed E-state index contributed by atoms with van der Waals surface area (Å²) in [5, 5.41) is 0. The SMILES string of the molecule is CCCCC/C=C\C/C=C\C/C=C\C/C=C\CCCC(=O)O[C@H](CO/C=C/CCCCCCCCCCCCCC)COP(=O)(O)OCCN. The molecule has 0 aliphatic heterocycles. The second-order valence-electron chi connectivity index (χ2n) is 12.9. The minimum Gasteiger partial charge on any atom is -0.498 e. The summed E-state index contributed by atoms with van der Waals surface area (Å²) >= 11 is 0. The molecule has 0 fully saturated rings. The van der Waals surface area contributed by atoms with Gasteiger partial charge in [-0.3, -0.25) is 13.8 Å². The second-order valence-corrected chi connectivity index (χ2v) is 14.3. The van der Waals surface area contributed by atoms with Gasteiger partial charge in [-0.1, -0.05) is 146 Å². The average molecular weight is 724 g/mol. The Balaban J connectivity index is 4.25. The number of unbranched alkanes of at least 4 members (excludes halogenated alkanes) is 16. The smallest absolute Gasteiger partial charge is 0.472 e. The van der Waals surface area contributed by atoms with E-state index in [1.165, 1.54) is 96.3 Å². The first-order valence-corrected chi connectivity index (χ1v) is 21.3. The third kappa shape index (κ3) is 37.3. The third-order valence-electron chi connectivity index (χ3n) is 8.00. The van der Waals surface area contributed by atoms with Crippen LogP contribution in [0.4, 0.5) is 0 Å². The van der Waals surface area contributed by atoms with E-state index in [1.54, 1.807) is 6.26 Å². The first-order valence-electron chi connectivity index (χ1n) is 19.8. The molecular weight excluding hydrogens is 649 g/mol. The fourth-order valence-corrected chi connectivity index (χ4v) is 5.84. The van der Waals surface area contributed by atoms with Gasteiger partial charge in [-0.05, 0) is 63.9 Å². The molecule has 0 aromatic rings. The number of rotatable bonds is 37. The summed E-state index contributed by atoms with van der Waals surface area (Å²) in [4.78, 5) is 22.4. The predicted octanol–water partition coefficient (Wildman–Crippen LogP) is 11.8. The molecule has 0 aliphatic carbocycles. The molecule has 0 aliphatic rings. The van der Waals surface area contributed by atoms with Crippen molar-refractivity contribution in [2.75, 3.05) is 26.4 Å². The first kappa shape index (κ1) is 48.0. The van der Waals surface area contributed by atoms with E-state index < -0.39 is 19.9 Å². The predicted molar refractivity (Wildman–Crippen MR) is 210 cm³/mol. The number of phosphoric acid groups is 1. The van der Waals surface area contributed by atoms with Gasteiger partial charge in [-0.2, -0.15) is 0 Å². The van der Waals surface area contributed by atoms with Gasteiger partial charge in [0.1, 0.15) is 6.61 Å². The molecule has 9 heteroatoms. The lowest BCUT2D eigenvalue weighted by Gasteiger charge is -2.19. The summed E-state index contributed by atoms with van der Waals surface area (Å²) in [7, 11) is -4.30. The molecule has 0 aromatic heterocycles. The Morgan fingerprint density at radius 2 is 1.08 bits per heavy atom. The van der Waals surface area contributed by atoms with Crippen molar-refractivity contribution in [1.29, 1.82) is 0 Å². The Kier molecular flexibility index (Phi) is 36.8. The average Bonchev–Trinajstić information content (AvgIpc) is 3.10. The van der Waals surface area contributed by atoms with E-state index in [1.807, 2.05) is 6.08 Å². The molecule has 0 saturated carbocycles. The van der Waals surface area contributed by atoms with Gasteiger partial charge < -0.3 is 20.1 Å². The maximum Gasteiger partial charge on any atom is 0.472 e. The summed E-state index contributed by atoms with van der Waals surface area (Å²) in [6.45, 7) is 4.13. The third-order valence-corrected chi connectivity index (χ3v) is 8.99. The number of carbonyl (C=O) groups is 1. The maximum atomic E-state index is 12.5. The van der Waals surface area contributed by atoms with Crippen LogP contribution in [0.25, 0.3) is 0 Å². The highest BCUT2D eigenvalue weighted by Gasteiger charge is 2.25. The molecule has 0 radical (unpaired) electrons. The van der Waals surface area contributed by atoms with Crippen molar-refractivity contribution < 1.29 is 32.8 Å². The van der Waals surface area contributed by atoms with E-state index in [4.69, 9.17) is 24.3 Å². The Morgan fingerprint density at radius 3 is 1.64 bits per heavy atom. The summed E-state index contributed by atoms with van der Waals surface area (Å²) < 4.78 is 33.0. The minimum absolute atomic E-state index is 0.00868. The molecule has 0 saturated heterocycles. The van der Waals surface area contributed by atoms with Gasteiger partial charge in [0.15, 0.2) is 6.10 Å². The lowest BCUT2D eigenvalue weighted by atomic mass is 10.0. The van der Waals surface area contributed by atoms with Gasteiger partial charge in [0, 0.05) is 13.0 Å². The Hall–Kier alpha value is -1.96. The van der Waals surface area contributed by atoms with E-state index in [2.05, 4.69) is 62.5 Å². The molecule has 0 amide bonds. The molecule has 290 valence electrons. The van der Waals surface area contributed by atoms with E-state index in [0.29, 0.717) is 6.42 Å². The van der Waals surface area contributed by atoms with Crippen molar-refractivity contribution in [1.82, 2.24) is 0 Å². The standard InChI is InChI=1S/C41H74NO7P/c1-3-5-7-9-11-13-15-17-19-20-21-22-24-26-28-30-32-34-41(43)49-40(39-48-50(44,45)47-37-35-42)38-46-36-33-31-29-27-25-23-18-16-14-12-10-8-6-4-2/h11,13,17,19,21-22,26,28,33,36,40H,3-10,12,14-16,18,20,23-25,27,29-32,34-35,37-39,42H2,1-2H3,(H,44,45)/b13-11-,19-17-,22-21-,28-26-,36-33+/t40-/m1/s1. The number of ether oxygens (including phenoxy) is 2. The Bertz CT molecular complexity index is 947. The number of esters is 1. The summed E-state index contributed by atoms with van der Waals surface area (Å²) in [5.74, 6) is -0.408. The van der Waals surface area contributed by atoms with Gasteiger partial charge in [-0.15, -0.1) is 0 Å². The van der Waals surface area contributed by atoms with Gasteiger partial charge in [-0.25, -0.2) is 4.57 Å². The molecule has 0 bridgehead atoms. The largest absolute Gasteiger partial charge is 0.498 e. The van der Waals surface area contributed by atoms with Gasteiger partial charge in [0.2, 0.25) is 0 Å². The number of phosphoric ester groups is 1. The number of allylic oxidation sites excluding steroid dienone is 9. The number of hydrogen-bond acceptors (Lipinski definition) is 7. The summed E-state index contributed by atoms with van der Waals surface area (Å²) in [6, 6.07) is 0. The molecule has 2 atom stereocenters. The normalized spacial score (nSPS) is 14.2. The molecule has 1 unspecified atom stereocenters. The van der Waals surface area contributed by atoms with Crippen LogP contribution in [0.2, 0.25) is 0 Å². The fraction of sp³-hybridized carbons (Fsp3) is 0.732. The fourth-order valence-electron chi connectivity index (χ4n) is 5.07. The van der Waals surface area contributed by atoms with E-state index in [9.17, 15) is 14.3 Å². The van der Waals surface area contributed by atoms with Crippen molar-refractivity contribution in [3.63, 3.8) is 0 Å². The molecule has 0 spiro atoms. The molecule has 8 nitrogen and oxygen atoms in total. The molecule has 3 N–H and O–H groups in total. The number of nitrogens with two attached hydrogens (primary N) is 1. The highest BCUT2D eigenvalue weighted by atomic mass is 31.2. The van der Waals surface area contributed by atoms with Crippen molar-refractivity contribution in [2.24, 2.45) is 5.73 Å². The van der Waals surface area contributed by atoms with Crippen molar-refractivity contribution in [2.45, 2.75) is 168 Å². The number of carbonyl (C=O) groups excluding carboxylic acids is 1. The highest BCUT2D eigenvalue weighted by Crippen LogP contribution is 2.43. The zero-order chi connectivity index (χ0) is 36.6. The van der Waals surface area contributed by atoms with Crippen LogP contribution >= 0.6 is 7.82 Å². The highest BCUT2D eigenvalue weighted by molar-refractivity contribution is 7.47. The van der Waals surface area contributed by atoms with Gasteiger partial charge >= 0.3 is 13.8 Å². The molecule has 0 aromatic carbocycles. The Morgan fingerprint density at radius 1 is 0.620 bits per heavy atom. The summed E-state index contributed by atoms with van der Waals surface area (Å²) in [6.07, 6.45) is 46.2. The molecular formula is C41H74NO7P. The maximum absolute atomic E-state index is 12.5. The van der Waals surface area contributed by atoms with Crippen molar-refractivity contribution in [3.05, 3.63) is 60.9 Å². The lowest BCUT2D eigenvalue weighted by molar-refractivity contribution is -0.153. The molecule has 0 rings (SSSR count). The topological polar surface area (TPSA) is 117 Å². The Labute approximate surface area is 306 Å². The summed E-state index contributed by atoms with van der Waals surface area (Å²) in [5.41, 5.74) is 5.35. The van der Waals surface area contributed by atoms with Gasteiger partial charge in [0.25, 0.3) is 0 Å². The molecule has 50 heavy (non-hydrogen) atoms. The monoisotopic (exact) mass is 724 g/mol. The van der Waals surface area contributed by atoms with E-state index >= 15 is 0 Å². The van der Waals surface area contributed by atoms with Crippen molar-refractivity contribution in [3.8, 4) is 0 Å². The minimum atomic E-state index is -4.30. The quantitative estimate of drug-likeness (QED) is 0.0214. The van der Waals surface area contributed by atoms with Crippen LogP contribution in [0, 0.1) is 0 Å². The van der Waals surface area contributed by atoms with Crippen LogP contribution in [0.15, 0.2) is 60.9 Å². The van der Waals surface area contributed by atoms with E-state index in [-0.39, 0.29) is 32.8 Å². The van der Waals surface area contributed by atoms with Crippen molar-refractivity contribution >= 4 is 13.8 Å². The zero-order valence-electron chi connectivity index (χ0n) is 31.9. The van der Waals surface area contributed by atoms with Crippen LogP contribution in [0.3, 0.4) is 0 Å². The van der Waals surface area contributed by atoms with Gasteiger partial charge in [0.05, 0.1) is 19.5 Å². The first-order chi connectivity index (χ1) is 24.4. The van der Waals surface area contributed by atoms with Crippen LogP contribution < -0.4 is 5.73 Å². The van der Waals surface area contributed by atoms with Crippen LogP contribution in [0.5, 0.6) is 0 Å². The van der Waals surface area contributed by atoms with Crippen LogP contribution in [-0.2, 0) is 27.9 Å². The van der Waals surface area contributed by atoms with E-state index in [0.717, 1.165) is 38.5 Å². The lowest BCUT2D eigenvalue weighted by Crippen LogP contribution is -2.27. The van der Waals surface area contributed by atoms with Crippen LogP contribution in [-0.4, -0.2) is 43.3 Å².